The van der Waals surface area contributed by atoms with Gasteiger partial charge in [-0.2, -0.15) is 0 Å². The Morgan fingerprint density at radius 1 is 1.35 bits per heavy atom. The first-order chi connectivity index (χ1) is 12.1. The molecule has 1 aliphatic heterocycles. The number of thiophene rings is 1. The smallest absolute Gasteiger partial charge is 0.341 e. The lowest BCUT2D eigenvalue weighted by molar-refractivity contribution is 0.0620. The van der Waals surface area contributed by atoms with Crippen LogP contribution in [-0.4, -0.2) is 60.7 Å². The summed E-state index contributed by atoms with van der Waals surface area (Å²) in [6, 6.07) is 7.94. The molecule has 140 valence electrons. The number of carbonyl (C=O) groups excluding carboxylic acids is 2. The maximum absolute atomic E-state index is 12.2. The highest BCUT2D eigenvalue weighted by molar-refractivity contribution is 7.88. The molecule has 0 spiro atoms. The van der Waals surface area contributed by atoms with Crippen molar-refractivity contribution in [2.45, 2.75) is 12.5 Å². The number of imide groups is 1. The van der Waals surface area contributed by atoms with Crippen molar-refractivity contribution in [3.05, 3.63) is 35.2 Å². The van der Waals surface area contributed by atoms with Crippen molar-refractivity contribution in [1.82, 2.24) is 14.5 Å². The van der Waals surface area contributed by atoms with E-state index in [2.05, 4.69) is 5.32 Å². The molecule has 1 atom stereocenters. The van der Waals surface area contributed by atoms with Crippen molar-refractivity contribution in [2.75, 3.05) is 25.9 Å². The number of hydrogen-bond acceptors (Lipinski definition) is 6. The van der Waals surface area contributed by atoms with Gasteiger partial charge in [0.25, 0.3) is 0 Å². The Morgan fingerprint density at radius 2 is 2.04 bits per heavy atom. The number of benzene rings is 1. The number of rotatable bonds is 4. The predicted molar refractivity (Wildman–Crippen MR) is 98.4 cm³/mol. The highest BCUT2D eigenvalue weighted by Crippen LogP contribution is 2.32. The Morgan fingerprint density at radius 3 is 2.65 bits per heavy atom. The lowest BCUT2D eigenvalue weighted by Gasteiger charge is -2.24. The summed E-state index contributed by atoms with van der Waals surface area (Å²) in [5, 5.41) is 14.2. The van der Waals surface area contributed by atoms with Crippen LogP contribution in [0.15, 0.2) is 30.3 Å². The molecule has 1 saturated heterocycles. The van der Waals surface area contributed by atoms with Crippen LogP contribution in [0.3, 0.4) is 0 Å². The molecular formula is C16H19N3O5S2. The summed E-state index contributed by atoms with van der Waals surface area (Å²) in [4.78, 5) is 25.8. The zero-order chi connectivity index (χ0) is 19.1. The molecule has 1 aromatic heterocycles. The van der Waals surface area contributed by atoms with Crippen LogP contribution in [0, 0.1) is 0 Å². The summed E-state index contributed by atoms with van der Waals surface area (Å²) < 4.78 is 24.7. The highest BCUT2D eigenvalue weighted by Gasteiger charge is 2.38. The van der Waals surface area contributed by atoms with Gasteiger partial charge in [0, 0.05) is 9.58 Å². The molecule has 0 bridgehead atoms. The number of nitrogens with one attached hydrogen (secondary N) is 1. The number of nitrogens with zero attached hydrogens (tertiary/aromatic N) is 2. The molecule has 2 N–H and O–H groups in total. The molecule has 1 aliphatic rings. The fraction of sp³-hybridized carbons (Fsp3) is 0.375. The second kappa shape index (κ2) is 6.53. The summed E-state index contributed by atoms with van der Waals surface area (Å²) in [7, 11) is -3.70. The van der Waals surface area contributed by atoms with Crippen LogP contribution < -0.4 is 5.32 Å². The number of carbonyl (C=O) groups is 2. The molecular weight excluding hydrogens is 378 g/mol. The van der Waals surface area contributed by atoms with E-state index in [0.29, 0.717) is 9.18 Å². The van der Waals surface area contributed by atoms with Crippen molar-refractivity contribution in [1.29, 1.82) is 0 Å². The Bertz CT molecular complexity index is 934. The van der Waals surface area contributed by atoms with E-state index < -0.39 is 27.7 Å². The maximum atomic E-state index is 12.2. The average Bonchev–Trinajstić information content (AvgIpc) is 3.16. The van der Waals surface area contributed by atoms with Crippen LogP contribution in [0.4, 0.5) is 9.59 Å². The van der Waals surface area contributed by atoms with Gasteiger partial charge in [-0.25, -0.2) is 27.2 Å². The van der Waals surface area contributed by atoms with Crippen LogP contribution in [0.1, 0.15) is 11.8 Å². The van der Waals surface area contributed by atoms with Gasteiger partial charge in [-0.05, 0) is 24.4 Å². The van der Waals surface area contributed by atoms with Gasteiger partial charge in [0.1, 0.15) is 5.60 Å². The number of urea groups is 2. The summed E-state index contributed by atoms with van der Waals surface area (Å²) in [6.45, 7) is 1.37. The van der Waals surface area contributed by atoms with Gasteiger partial charge < -0.3 is 10.4 Å². The second-order valence-electron chi connectivity index (χ2n) is 6.35. The predicted octanol–water partition coefficient (Wildman–Crippen LogP) is 1.52. The van der Waals surface area contributed by atoms with Gasteiger partial charge in [-0.15, -0.1) is 11.3 Å². The molecule has 26 heavy (non-hydrogen) atoms. The first kappa shape index (κ1) is 18.6. The lowest BCUT2D eigenvalue weighted by Crippen LogP contribution is -2.47. The average molecular weight is 397 g/mol. The topological polar surface area (TPSA) is 107 Å². The molecule has 0 saturated carbocycles. The molecule has 3 rings (SSSR count). The fourth-order valence-corrected chi connectivity index (χ4v) is 4.59. The molecule has 4 amide bonds. The summed E-state index contributed by atoms with van der Waals surface area (Å²) >= 11 is 1.42. The van der Waals surface area contributed by atoms with E-state index >= 15 is 0 Å². The second-order valence-corrected chi connectivity index (χ2v) is 9.34. The molecule has 1 aromatic carbocycles. The van der Waals surface area contributed by atoms with Crippen molar-refractivity contribution in [3.63, 3.8) is 0 Å². The summed E-state index contributed by atoms with van der Waals surface area (Å²) in [6.07, 6.45) is 0.915. The zero-order valence-corrected chi connectivity index (χ0v) is 15.9. The van der Waals surface area contributed by atoms with Crippen LogP contribution in [0.5, 0.6) is 0 Å². The van der Waals surface area contributed by atoms with Gasteiger partial charge in [-0.3, -0.25) is 0 Å². The van der Waals surface area contributed by atoms with Gasteiger partial charge in [-0.1, -0.05) is 18.2 Å². The molecule has 2 heterocycles. The number of sulfonamides is 1. The maximum Gasteiger partial charge on any atom is 0.341 e. The van der Waals surface area contributed by atoms with E-state index in [0.717, 1.165) is 21.2 Å². The first-order valence-corrected chi connectivity index (χ1v) is 10.5. The Labute approximate surface area is 155 Å². The zero-order valence-electron chi connectivity index (χ0n) is 14.3. The minimum absolute atomic E-state index is 0.0250. The number of aliphatic hydroxyl groups is 1. The molecule has 0 aliphatic carbocycles. The van der Waals surface area contributed by atoms with E-state index in [-0.39, 0.29) is 19.6 Å². The van der Waals surface area contributed by atoms with Crippen molar-refractivity contribution < 1.29 is 23.1 Å². The van der Waals surface area contributed by atoms with Crippen LogP contribution in [0.25, 0.3) is 10.1 Å². The minimum atomic E-state index is -3.70. The highest BCUT2D eigenvalue weighted by atomic mass is 32.2. The van der Waals surface area contributed by atoms with Crippen molar-refractivity contribution >= 4 is 43.5 Å². The van der Waals surface area contributed by atoms with Gasteiger partial charge in [0.05, 0.1) is 25.9 Å². The van der Waals surface area contributed by atoms with E-state index in [1.165, 1.54) is 11.3 Å². The molecule has 1 fully saturated rings. The quantitative estimate of drug-likeness (QED) is 0.813. The Hall–Kier alpha value is -2.17. The normalized spacial score (nSPS) is 17.6. The van der Waals surface area contributed by atoms with E-state index in [1.54, 1.807) is 6.92 Å². The van der Waals surface area contributed by atoms with Gasteiger partial charge in [0.15, 0.2) is 0 Å². The standard InChI is InChI=1S/C16H19N3O5S2/c1-16(22,13-9-11-5-3-4-6-12(11)25-13)10-17-14(20)18-7-8-19(15(18)21)26(2,23)24/h3-6,9,22H,7-8,10H2,1-2H3,(H,17,20)/t16-/m1/s1. The van der Waals surface area contributed by atoms with Crippen LogP contribution in [0.2, 0.25) is 0 Å². The largest absolute Gasteiger partial charge is 0.383 e. The fourth-order valence-electron chi connectivity index (χ4n) is 2.69. The Balaban J connectivity index is 1.68. The van der Waals surface area contributed by atoms with E-state index in [9.17, 15) is 23.1 Å². The third kappa shape index (κ3) is 3.53. The number of fused-ring (bicyclic) bond motifs is 1. The number of hydrogen-bond donors (Lipinski definition) is 2. The Kier molecular flexibility index (Phi) is 4.67. The third-order valence-corrected chi connectivity index (χ3v) is 6.67. The molecule has 2 aromatic rings. The van der Waals surface area contributed by atoms with Gasteiger partial charge >= 0.3 is 12.1 Å². The third-order valence-electron chi connectivity index (χ3n) is 4.16. The summed E-state index contributed by atoms with van der Waals surface area (Å²) in [5.74, 6) is 0. The van der Waals surface area contributed by atoms with E-state index in [1.807, 2.05) is 30.3 Å². The van der Waals surface area contributed by atoms with Crippen LogP contribution >= 0.6 is 11.3 Å². The molecule has 0 unspecified atom stereocenters. The van der Waals surface area contributed by atoms with Gasteiger partial charge in [0.2, 0.25) is 10.0 Å². The van der Waals surface area contributed by atoms with E-state index in [4.69, 9.17) is 0 Å². The van der Waals surface area contributed by atoms with Crippen LogP contribution in [-0.2, 0) is 15.6 Å². The monoisotopic (exact) mass is 397 g/mol. The molecule has 10 heteroatoms. The minimum Gasteiger partial charge on any atom is -0.383 e. The number of amides is 4. The van der Waals surface area contributed by atoms with Crippen molar-refractivity contribution in [3.8, 4) is 0 Å². The lowest BCUT2D eigenvalue weighted by atomic mass is 10.0. The summed E-state index contributed by atoms with van der Waals surface area (Å²) in [5.41, 5.74) is -1.32. The van der Waals surface area contributed by atoms with Crippen molar-refractivity contribution in [2.24, 2.45) is 0 Å². The molecule has 0 radical (unpaired) electrons. The molecule has 8 nitrogen and oxygen atoms in total. The first-order valence-electron chi connectivity index (χ1n) is 7.88. The SMILES string of the molecule is C[C@@](O)(CNC(=O)N1CCN(S(C)(=O)=O)C1=O)c1cc2ccccc2s1.